The van der Waals surface area contributed by atoms with Crippen molar-refractivity contribution in [3.05, 3.63) is 29.6 Å². The van der Waals surface area contributed by atoms with Crippen molar-refractivity contribution in [2.75, 3.05) is 26.1 Å². The summed E-state index contributed by atoms with van der Waals surface area (Å²) in [6, 6.07) is 4.42. The zero-order valence-electron chi connectivity index (χ0n) is 8.83. The van der Waals surface area contributed by atoms with Crippen LogP contribution in [0.4, 0.5) is 10.1 Å². The normalized spacial score (nSPS) is 10.5. The van der Waals surface area contributed by atoms with Gasteiger partial charge in [0.2, 0.25) is 0 Å². The van der Waals surface area contributed by atoms with E-state index < -0.39 is 0 Å². The molecule has 0 heterocycles. The minimum Gasteiger partial charge on any atom is -0.399 e. The van der Waals surface area contributed by atoms with Crippen LogP contribution < -0.4 is 5.73 Å². The van der Waals surface area contributed by atoms with Crippen LogP contribution >= 0.6 is 0 Å². The predicted molar refractivity (Wildman–Crippen MR) is 57.0 cm³/mol. The van der Waals surface area contributed by atoms with Crippen LogP contribution in [0.1, 0.15) is 12.0 Å². The molecule has 1 rings (SSSR count). The van der Waals surface area contributed by atoms with Crippen molar-refractivity contribution in [2.24, 2.45) is 0 Å². The topological polar surface area (TPSA) is 44.5 Å². The van der Waals surface area contributed by atoms with E-state index in [0.717, 1.165) is 12.0 Å². The lowest BCUT2D eigenvalue weighted by Gasteiger charge is -2.05. The van der Waals surface area contributed by atoms with Gasteiger partial charge < -0.3 is 15.2 Å². The highest BCUT2D eigenvalue weighted by atomic mass is 19.1. The number of benzene rings is 1. The monoisotopic (exact) mass is 213 g/mol. The lowest BCUT2D eigenvalue weighted by atomic mass is 10.2. The fourth-order valence-corrected chi connectivity index (χ4v) is 1.25. The smallest absolute Gasteiger partial charge is 0.125 e. The molecule has 0 atom stereocenters. The Bertz CT molecular complexity index is 284. The molecule has 0 amide bonds. The average molecular weight is 213 g/mol. The molecular weight excluding hydrogens is 197 g/mol. The molecular formula is C11H16FNO2. The van der Waals surface area contributed by atoms with Crippen molar-refractivity contribution in [3.8, 4) is 0 Å². The van der Waals surface area contributed by atoms with Crippen molar-refractivity contribution in [1.82, 2.24) is 0 Å². The lowest BCUT2D eigenvalue weighted by Crippen LogP contribution is -2.00. The Balaban J connectivity index is 2.31. The first kappa shape index (κ1) is 11.9. The van der Waals surface area contributed by atoms with Gasteiger partial charge in [-0.2, -0.15) is 0 Å². The summed E-state index contributed by atoms with van der Waals surface area (Å²) in [4.78, 5) is 0. The van der Waals surface area contributed by atoms with E-state index in [4.69, 9.17) is 15.2 Å². The van der Waals surface area contributed by atoms with Gasteiger partial charge in [0.15, 0.2) is 0 Å². The van der Waals surface area contributed by atoms with Crippen molar-refractivity contribution in [1.29, 1.82) is 0 Å². The number of methoxy groups -OCH3 is 1. The molecule has 1 aromatic rings. The van der Waals surface area contributed by atoms with E-state index in [1.54, 1.807) is 13.2 Å². The summed E-state index contributed by atoms with van der Waals surface area (Å²) in [6.45, 7) is 1.65. The van der Waals surface area contributed by atoms with Crippen LogP contribution in [-0.2, 0) is 16.1 Å². The van der Waals surface area contributed by atoms with E-state index in [1.165, 1.54) is 12.1 Å². The number of ether oxygens (including phenoxy) is 2. The molecule has 84 valence electrons. The molecule has 0 radical (unpaired) electrons. The molecule has 0 aliphatic heterocycles. The molecule has 4 heteroatoms. The van der Waals surface area contributed by atoms with Gasteiger partial charge in [0.25, 0.3) is 0 Å². The van der Waals surface area contributed by atoms with Gasteiger partial charge in [0.05, 0.1) is 6.61 Å². The Kier molecular flexibility index (Phi) is 5.07. The van der Waals surface area contributed by atoms with Crippen LogP contribution in [-0.4, -0.2) is 20.3 Å². The van der Waals surface area contributed by atoms with Crippen molar-refractivity contribution in [3.63, 3.8) is 0 Å². The first-order valence-electron chi connectivity index (χ1n) is 4.84. The second kappa shape index (κ2) is 6.37. The third-order valence-corrected chi connectivity index (χ3v) is 1.89. The van der Waals surface area contributed by atoms with Gasteiger partial charge in [-0.1, -0.05) is 0 Å². The van der Waals surface area contributed by atoms with Crippen LogP contribution in [0.15, 0.2) is 18.2 Å². The Morgan fingerprint density at radius 1 is 1.27 bits per heavy atom. The summed E-state index contributed by atoms with van der Waals surface area (Å²) in [7, 11) is 1.65. The molecule has 1 aromatic carbocycles. The average Bonchev–Trinajstić information content (AvgIpc) is 2.16. The number of rotatable bonds is 6. The summed E-state index contributed by atoms with van der Waals surface area (Å²) in [5.41, 5.74) is 6.67. The molecule has 0 fully saturated rings. The van der Waals surface area contributed by atoms with Gasteiger partial charge in [-0.3, -0.25) is 0 Å². The molecule has 0 spiro atoms. The molecule has 15 heavy (non-hydrogen) atoms. The minimum absolute atomic E-state index is 0.328. The fourth-order valence-electron chi connectivity index (χ4n) is 1.25. The second-order valence-electron chi connectivity index (χ2n) is 3.29. The second-order valence-corrected chi connectivity index (χ2v) is 3.29. The molecule has 0 unspecified atom stereocenters. The molecule has 0 aliphatic carbocycles. The summed E-state index contributed by atoms with van der Waals surface area (Å²) in [6.07, 6.45) is 0.835. The quantitative estimate of drug-likeness (QED) is 0.580. The first-order chi connectivity index (χ1) is 7.22. The van der Waals surface area contributed by atoms with E-state index in [-0.39, 0.29) is 5.82 Å². The number of nitrogens with two attached hydrogens (primary N) is 1. The van der Waals surface area contributed by atoms with Gasteiger partial charge in [-0.05, 0) is 30.2 Å². The molecule has 0 saturated heterocycles. The van der Waals surface area contributed by atoms with Gasteiger partial charge in [-0.15, -0.1) is 0 Å². The predicted octanol–water partition coefficient (Wildman–Crippen LogP) is 1.96. The Morgan fingerprint density at radius 2 is 2.07 bits per heavy atom. The summed E-state index contributed by atoms with van der Waals surface area (Å²) >= 11 is 0. The summed E-state index contributed by atoms with van der Waals surface area (Å²) in [5, 5.41) is 0. The first-order valence-corrected chi connectivity index (χ1v) is 4.84. The van der Waals surface area contributed by atoms with Gasteiger partial charge >= 0.3 is 0 Å². The van der Waals surface area contributed by atoms with Crippen LogP contribution in [0.2, 0.25) is 0 Å². The van der Waals surface area contributed by atoms with Crippen molar-refractivity contribution < 1.29 is 13.9 Å². The number of nitrogen functional groups attached to an aromatic ring is 1. The molecule has 0 saturated carbocycles. The SMILES string of the molecule is COCCCOCc1cc(N)cc(F)c1. The van der Waals surface area contributed by atoms with E-state index in [1.807, 2.05) is 0 Å². The zero-order chi connectivity index (χ0) is 11.1. The van der Waals surface area contributed by atoms with Crippen LogP contribution in [0.3, 0.4) is 0 Å². The van der Waals surface area contributed by atoms with Crippen LogP contribution in [0.5, 0.6) is 0 Å². The maximum Gasteiger partial charge on any atom is 0.125 e. The Morgan fingerprint density at radius 3 is 2.73 bits per heavy atom. The van der Waals surface area contributed by atoms with E-state index in [0.29, 0.717) is 25.5 Å². The fraction of sp³-hybridized carbons (Fsp3) is 0.455. The van der Waals surface area contributed by atoms with Gasteiger partial charge in [-0.25, -0.2) is 4.39 Å². The van der Waals surface area contributed by atoms with Crippen molar-refractivity contribution in [2.45, 2.75) is 13.0 Å². The third-order valence-electron chi connectivity index (χ3n) is 1.89. The Hall–Kier alpha value is -1.13. The number of hydrogen-bond donors (Lipinski definition) is 1. The van der Waals surface area contributed by atoms with Crippen LogP contribution in [0.25, 0.3) is 0 Å². The number of halogens is 1. The molecule has 0 bridgehead atoms. The molecule has 0 aliphatic rings. The highest BCUT2D eigenvalue weighted by Gasteiger charge is 1.98. The van der Waals surface area contributed by atoms with Gasteiger partial charge in [0.1, 0.15) is 5.82 Å². The molecule has 3 nitrogen and oxygen atoms in total. The van der Waals surface area contributed by atoms with Crippen LogP contribution in [0, 0.1) is 5.82 Å². The minimum atomic E-state index is -0.328. The summed E-state index contributed by atoms with van der Waals surface area (Å²) in [5.74, 6) is -0.328. The standard InChI is InChI=1S/C11H16FNO2/c1-14-3-2-4-15-8-9-5-10(12)7-11(13)6-9/h5-7H,2-4,8,13H2,1H3. The van der Waals surface area contributed by atoms with Gasteiger partial charge in [0, 0.05) is 26.0 Å². The highest BCUT2D eigenvalue weighted by Crippen LogP contribution is 2.11. The van der Waals surface area contributed by atoms with E-state index in [2.05, 4.69) is 0 Å². The van der Waals surface area contributed by atoms with E-state index in [9.17, 15) is 4.39 Å². The molecule has 2 N–H and O–H groups in total. The number of hydrogen-bond acceptors (Lipinski definition) is 3. The van der Waals surface area contributed by atoms with E-state index >= 15 is 0 Å². The third kappa shape index (κ3) is 4.76. The number of anilines is 1. The highest BCUT2D eigenvalue weighted by molar-refractivity contribution is 5.41. The Labute approximate surface area is 89.0 Å². The summed E-state index contributed by atoms with van der Waals surface area (Å²) < 4.78 is 23.1. The maximum absolute atomic E-state index is 12.9. The maximum atomic E-state index is 12.9. The lowest BCUT2D eigenvalue weighted by molar-refractivity contribution is 0.0927. The van der Waals surface area contributed by atoms with Crippen molar-refractivity contribution >= 4 is 5.69 Å². The zero-order valence-corrected chi connectivity index (χ0v) is 8.83. The largest absolute Gasteiger partial charge is 0.399 e. The molecule has 0 aromatic heterocycles.